The molecule has 1 N–H and O–H groups in total. The Morgan fingerprint density at radius 3 is 2.83 bits per heavy atom. The first kappa shape index (κ1) is 12.2. The molecule has 0 bridgehead atoms. The van der Waals surface area contributed by atoms with Gasteiger partial charge in [-0.2, -0.15) is 5.10 Å². The molecule has 4 nitrogen and oxygen atoms in total. The Morgan fingerprint density at radius 1 is 1.44 bits per heavy atom. The summed E-state index contributed by atoms with van der Waals surface area (Å²) < 4.78 is 1.94. The normalized spacial score (nSPS) is 33.7. The zero-order valence-electron chi connectivity index (χ0n) is 11.5. The van der Waals surface area contributed by atoms with Gasteiger partial charge in [-0.1, -0.05) is 6.92 Å². The molecule has 4 heteroatoms. The maximum absolute atomic E-state index is 4.42. The van der Waals surface area contributed by atoms with E-state index in [4.69, 9.17) is 0 Å². The summed E-state index contributed by atoms with van der Waals surface area (Å²) in [5, 5.41) is 7.84. The molecule has 3 rings (SSSR count). The predicted molar refractivity (Wildman–Crippen MR) is 71.1 cm³/mol. The van der Waals surface area contributed by atoms with E-state index in [0.29, 0.717) is 5.41 Å². The van der Waals surface area contributed by atoms with Crippen LogP contribution >= 0.6 is 0 Å². The van der Waals surface area contributed by atoms with Gasteiger partial charge in [0.25, 0.3) is 0 Å². The summed E-state index contributed by atoms with van der Waals surface area (Å²) >= 11 is 0. The standard InChI is InChI=1S/C14H24N4/c1-3-4-15-9-14(6-11-5-12(11)7-14)8-13-16-10-17-18(13)2/h10-12,15H,3-9H2,1-2H3. The van der Waals surface area contributed by atoms with Crippen LogP contribution in [0.2, 0.25) is 0 Å². The maximum atomic E-state index is 4.42. The lowest BCUT2D eigenvalue weighted by Crippen LogP contribution is -2.36. The molecule has 0 spiro atoms. The van der Waals surface area contributed by atoms with Crippen LogP contribution in [-0.4, -0.2) is 27.9 Å². The molecule has 2 saturated carbocycles. The maximum Gasteiger partial charge on any atom is 0.138 e. The minimum absolute atomic E-state index is 0.448. The average Bonchev–Trinajstić information content (AvgIpc) is 2.77. The average molecular weight is 248 g/mol. The van der Waals surface area contributed by atoms with Crippen LogP contribution in [-0.2, 0) is 13.5 Å². The number of rotatable bonds is 6. The first-order chi connectivity index (χ1) is 8.72. The minimum Gasteiger partial charge on any atom is -0.316 e. The molecule has 0 aliphatic heterocycles. The third kappa shape index (κ3) is 2.30. The highest BCUT2D eigenvalue weighted by Crippen LogP contribution is 2.60. The Bertz CT molecular complexity index is 402. The molecule has 0 saturated heterocycles. The van der Waals surface area contributed by atoms with Crippen LogP contribution in [0.5, 0.6) is 0 Å². The SMILES string of the molecule is CCCNCC1(Cc2ncnn2C)CC2CC2C1. The highest BCUT2D eigenvalue weighted by atomic mass is 15.3. The Kier molecular flexibility index (Phi) is 3.14. The molecule has 1 aromatic rings. The van der Waals surface area contributed by atoms with E-state index in [2.05, 4.69) is 22.3 Å². The van der Waals surface area contributed by atoms with Crippen molar-refractivity contribution in [1.82, 2.24) is 20.1 Å². The second-order valence-electron chi connectivity index (χ2n) is 6.32. The van der Waals surface area contributed by atoms with Crippen LogP contribution in [0.1, 0.15) is 38.4 Å². The fourth-order valence-electron chi connectivity index (χ4n) is 3.70. The Labute approximate surface area is 109 Å². The van der Waals surface area contributed by atoms with Gasteiger partial charge in [0.15, 0.2) is 0 Å². The number of aryl methyl sites for hydroxylation is 1. The van der Waals surface area contributed by atoms with Gasteiger partial charge in [-0.3, -0.25) is 4.68 Å². The molecule has 2 fully saturated rings. The topological polar surface area (TPSA) is 42.7 Å². The molecule has 1 heterocycles. The highest BCUT2D eigenvalue weighted by molar-refractivity contribution is 5.07. The monoisotopic (exact) mass is 248 g/mol. The van der Waals surface area contributed by atoms with Crippen LogP contribution < -0.4 is 5.32 Å². The molecule has 100 valence electrons. The Hall–Kier alpha value is -0.900. The smallest absolute Gasteiger partial charge is 0.138 e. The quantitative estimate of drug-likeness (QED) is 0.780. The molecule has 2 unspecified atom stereocenters. The van der Waals surface area contributed by atoms with E-state index in [1.807, 2.05) is 11.7 Å². The fraction of sp³-hybridized carbons (Fsp3) is 0.857. The Balaban J connectivity index is 1.68. The summed E-state index contributed by atoms with van der Waals surface area (Å²) in [5.41, 5.74) is 0.448. The molecular weight excluding hydrogens is 224 g/mol. The lowest BCUT2D eigenvalue weighted by Gasteiger charge is -2.31. The van der Waals surface area contributed by atoms with Crippen molar-refractivity contribution in [2.45, 2.75) is 39.0 Å². The number of nitrogens with zero attached hydrogens (tertiary/aromatic N) is 3. The number of hydrogen-bond donors (Lipinski definition) is 1. The van der Waals surface area contributed by atoms with E-state index in [9.17, 15) is 0 Å². The number of hydrogen-bond acceptors (Lipinski definition) is 3. The van der Waals surface area contributed by atoms with Gasteiger partial charge in [0.1, 0.15) is 12.2 Å². The summed E-state index contributed by atoms with van der Waals surface area (Å²) in [6.07, 6.45) is 8.25. The summed E-state index contributed by atoms with van der Waals surface area (Å²) in [4.78, 5) is 4.42. The third-order valence-electron chi connectivity index (χ3n) is 4.72. The molecule has 0 radical (unpaired) electrons. The van der Waals surface area contributed by atoms with Crippen molar-refractivity contribution in [1.29, 1.82) is 0 Å². The van der Waals surface area contributed by atoms with E-state index < -0.39 is 0 Å². The highest BCUT2D eigenvalue weighted by Gasteiger charge is 2.53. The van der Waals surface area contributed by atoms with E-state index in [1.54, 1.807) is 6.33 Å². The van der Waals surface area contributed by atoms with Crippen LogP contribution in [0, 0.1) is 17.3 Å². The molecule has 0 aromatic carbocycles. The van der Waals surface area contributed by atoms with Gasteiger partial charge >= 0.3 is 0 Å². The van der Waals surface area contributed by atoms with E-state index in [1.165, 1.54) is 25.7 Å². The van der Waals surface area contributed by atoms with Crippen molar-refractivity contribution in [3.05, 3.63) is 12.2 Å². The van der Waals surface area contributed by atoms with Crippen molar-refractivity contribution >= 4 is 0 Å². The lowest BCUT2D eigenvalue weighted by atomic mass is 9.79. The largest absolute Gasteiger partial charge is 0.316 e. The van der Waals surface area contributed by atoms with Gasteiger partial charge < -0.3 is 5.32 Å². The molecule has 2 aliphatic rings. The van der Waals surface area contributed by atoms with E-state index >= 15 is 0 Å². The molecule has 0 amide bonds. The number of fused-ring (bicyclic) bond motifs is 1. The summed E-state index contributed by atoms with van der Waals surface area (Å²) in [6.45, 7) is 4.52. The summed E-state index contributed by atoms with van der Waals surface area (Å²) in [7, 11) is 2.01. The van der Waals surface area contributed by atoms with Crippen LogP contribution in [0.25, 0.3) is 0 Å². The van der Waals surface area contributed by atoms with Crippen molar-refractivity contribution < 1.29 is 0 Å². The molecule has 18 heavy (non-hydrogen) atoms. The van der Waals surface area contributed by atoms with Gasteiger partial charge in [-0.25, -0.2) is 4.98 Å². The van der Waals surface area contributed by atoms with Crippen LogP contribution in [0.3, 0.4) is 0 Å². The molecule has 2 aliphatic carbocycles. The van der Waals surface area contributed by atoms with Crippen molar-refractivity contribution in [3.8, 4) is 0 Å². The number of aromatic nitrogens is 3. The molecule has 2 atom stereocenters. The second-order valence-corrected chi connectivity index (χ2v) is 6.32. The minimum atomic E-state index is 0.448. The Morgan fingerprint density at radius 2 is 2.22 bits per heavy atom. The predicted octanol–water partition coefficient (Wildman–Crippen LogP) is 1.77. The van der Waals surface area contributed by atoms with Crippen LogP contribution in [0.15, 0.2) is 6.33 Å². The second kappa shape index (κ2) is 4.65. The van der Waals surface area contributed by atoms with Crippen molar-refractivity contribution in [2.75, 3.05) is 13.1 Å². The number of nitrogens with one attached hydrogen (secondary N) is 1. The third-order valence-corrected chi connectivity index (χ3v) is 4.72. The zero-order chi connectivity index (χ0) is 12.6. The van der Waals surface area contributed by atoms with Gasteiger partial charge in [-0.15, -0.1) is 0 Å². The van der Waals surface area contributed by atoms with Crippen molar-refractivity contribution in [2.24, 2.45) is 24.3 Å². The summed E-state index contributed by atoms with van der Waals surface area (Å²) in [5.74, 6) is 3.18. The van der Waals surface area contributed by atoms with Gasteiger partial charge in [0, 0.05) is 20.0 Å². The first-order valence-electron chi connectivity index (χ1n) is 7.26. The molecule has 1 aromatic heterocycles. The summed E-state index contributed by atoms with van der Waals surface area (Å²) in [6, 6.07) is 0. The van der Waals surface area contributed by atoms with Gasteiger partial charge in [-0.05, 0) is 49.5 Å². The first-order valence-corrected chi connectivity index (χ1v) is 7.26. The van der Waals surface area contributed by atoms with Crippen molar-refractivity contribution in [3.63, 3.8) is 0 Å². The van der Waals surface area contributed by atoms with E-state index in [0.717, 1.165) is 37.2 Å². The van der Waals surface area contributed by atoms with Gasteiger partial charge in [0.2, 0.25) is 0 Å². The lowest BCUT2D eigenvalue weighted by molar-refractivity contribution is 0.241. The van der Waals surface area contributed by atoms with Gasteiger partial charge in [0.05, 0.1) is 0 Å². The van der Waals surface area contributed by atoms with E-state index in [-0.39, 0.29) is 0 Å². The zero-order valence-corrected chi connectivity index (χ0v) is 11.5. The van der Waals surface area contributed by atoms with Crippen LogP contribution in [0.4, 0.5) is 0 Å². The molecular formula is C14H24N4. The fourth-order valence-corrected chi connectivity index (χ4v) is 3.70.